The summed E-state index contributed by atoms with van der Waals surface area (Å²) in [7, 11) is -4.02. The fraction of sp³-hybridized carbons (Fsp3) is 0.136. The Balaban J connectivity index is 1.56. The molecule has 0 radical (unpaired) electrons. The predicted molar refractivity (Wildman–Crippen MR) is 117 cm³/mol. The Bertz CT molecular complexity index is 1490. The molecule has 0 aliphatic heterocycles. The van der Waals surface area contributed by atoms with Crippen LogP contribution in [-0.2, 0) is 22.7 Å². The van der Waals surface area contributed by atoms with Gasteiger partial charge in [-0.15, -0.1) is 0 Å². The Morgan fingerprint density at radius 2 is 1.89 bits per heavy atom. The van der Waals surface area contributed by atoms with E-state index in [0.29, 0.717) is 17.0 Å². The molecular formula is C22H16F3N5O4S. The van der Waals surface area contributed by atoms with Crippen LogP contribution in [0.5, 0.6) is 11.5 Å². The number of nitriles is 1. The monoisotopic (exact) mass is 503 g/mol. The fourth-order valence-electron chi connectivity index (χ4n) is 3.16. The number of hydrogen-bond acceptors (Lipinski definition) is 7. The molecule has 0 unspecified atom stereocenters. The van der Waals surface area contributed by atoms with Crippen molar-refractivity contribution in [1.29, 1.82) is 5.26 Å². The van der Waals surface area contributed by atoms with Crippen LogP contribution >= 0.6 is 0 Å². The van der Waals surface area contributed by atoms with E-state index in [9.17, 15) is 26.9 Å². The van der Waals surface area contributed by atoms with Crippen molar-refractivity contribution < 1.29 is 30.8 Å². The first-order chi connectivity index (χ1) is 16.6. The number of alkyl halides is 3. The lowest BCUT2D eigenvalue weighted by Gasteiger charge is -2.11. The zero-order valence-corrected chi connectivity index (χ0v) is 18.8. The second kappa shape index (κ2) is 9.15. The molecule has 4 rings (SSSR count). The second-order valence-electron chi connectivity index (χ2n) is 7.11. The van der Waals surface area contributed by atoms with Crippen LogP contribution in [-0.4, -0.2) is 23.4 Å². The summed E-state index contributed by atoms with van der Waals surface area (Å²) in [5, 5.41) is 16.6. The fourth-order valence-corrected chi connectivity index (χ4v) is 4.18. The van der Waals surface area contributed by atoms with E-state index >= 15 is 0 Å². The molecule has 0 bridgehead atoms. The number of nitrogens with zero attached hydrogens (tertiary/aromatic N) is 4. The minimum absolute atomic E-state index is 0.0179. The maximum atomic E-state index is 13.0. The third-order valence-corrected chi connectivity index (χ3v) is 6.16. The number of nitrogens with one attached hydrogen (secondary N) is 1. The van der Waals surface area contributed by atoms with Crippen molar-refractivity contribution in [3.63, 3.8) is 0 Å². The second-order valence-corrected chi connectivity index (χ2v) is 8.80. The number of ether oxygens (including phenoxy) is 1. The lowest BCUT2D eigenvalue weighted by molar-refractivity contribution is -0.141. The molecule has 180 valence electrons. The summed E-state index contributed by atoms with van der Waals surface area (Å²) in [5.74, 6) is 0.370. The number of sulfonamides is 1. The van der Waals surface area contributed by atoms with Gasteiger partial charge in [0.1, 0.15) is 23.8 Å². The molecule has 13 heteroatoms. The van der Waals surface area contributed by atoms with Gasteiger partial charge in [-0.3, -0.25) is 9.40 Å². The zero-order valence-electron chi connectivity index (χ0n) is 17.9. The third-order valence-electron chi connectivity index (χ3n) is 4.81. The minimum Gasteiger partial charge on any atom is -0.456 e. The van der Waals surface area contributed by atoms with E-state index in [-0.39, 0.29) is 28.6 Å². The number of aryl methyl sites for hydroxylation is 1. The molecule has 4 aromatic rings. The highest BCUT2D eigenvalue weighted by molar-refractivity contribution is 7.92. The summed E-state index contributed by atoms with van der Waals surface area (Å²) in [6, 6.07) is 14.1. The highest BCUT2D eigenvalue weighted by Crippen LogP contribution is 2.33. The molecule has 0 amide bonds. The van der Waals surface area contributed by atoms with Gasteiger partial charge in [0, 0.05) is 18.2 Å². The van der Waals surface area contributed by atoms with Gasteiger partial charge in [-0.2, -0.15) is 23.5 Å². The number of halogens is 3. The van der Waals surface area contributed by atoms with Crippen LogP contribution in [0.2, 0.25) is 0 Å². The van der Waals surface area contributed by atoms with Gasteiger partial charge in [-0.05, 0) is 55.5 Å². The number of hydrogen-bond donors (Lipinski definition) is 1. The largest absolute Gasteiger partial charge is 0.456 e. The van der Waals surface area contributed by atoms with E-state index in [1.807, 2.05) is 6.07 Å². The van der Waals surface area contributed by atoms with Crippen molar-refractivity contribution in [2.45, 2.75) is 24.5 Å². The molecular weight excluding hydrogens is 487 g/mol. The van der Waals surface area contributed by atoms with E-state index in [1.54, 1.807) is 19.1 Å². The van der Waals surface area contributed by atoms with Gasteiger partial charge in [-0.25, -0.2) is 8.42 Å². The Hall–Kier alpha value is -4.31. The Labute approximate surface area is 197 Å². The van der Waals surface area contributed by atoms with Crippen LogP contribution in [0.15, 0.2) is 70.3 Å². The topological polar surface area (TPSA) is 123 Å². The minimum atomic E-state index is -4.56. The predicted octanol–water partition coefficient (Wildman–Crippen LogP) is 5.04. The van der Waals surface area contributed by atoms with E-state index in [1.165, 1.54) is 41.3 Å². The first kappa shape index (κ1) is 23.8. The molecule has 2 aromatic heterocycles. The van der Waals surface area contributed by atoms with Crippen molar-refractivity contribution in [3.8, 4) is 28.8 Å². The smallest absolute Gasteiger partial charge is 0.435 e. The Morgan fingerprint density at radius 3 is 2.49 bits per heavy atom. The van der Waals surface area contributed by atoms with Gasteiger partial charge < -0.3 is 9.26 Å². The lowest BCUT2D eigenvalue weighted by atomic mass is 10.1. The number of aromatic nitrogens is 3. The van der Waals surface area contributed by atoms with Gasteiger partial charge in [-0.1, -0.05) is 5.16 Å². The summed E-state index contributed by atoms with van der Waals surface area (Å²) in [6.07, 6.45) is -3.36. The molecule has 35 heavy (non-hydrogen) atoms. The highest BCUT2D eigenvalue weighted by atomic mass is 32.2. The highest BCUT2D eigenvalue weighted by Gasteiger charge is 2.35. The van der Waals surface area contributed by atoms with Gasteiger partial charge in [0.25, 0.3) is 10.0 Å². The van der Waals surface area contributed by atoms with Crippen LogP contribution in [0, 0.1) is 11.3 Å². The zero-order chi connectivity index (χ0) is 25.2. The maximum absolute atomic E-state index is 13.0. The van der Waals surface area contributed by atoms with Crippen LogP contribution < -0.4 is 9.46 Å². The molecule has 0 spiro atoms. The van der Waals surface area contributed by atoms with Crippen LogP contribution in [0.25, 0.3) is 11.3 Å². The maximum Gasteiger partial charge on any atom is 0.435 e. The Kier molecular flexibility index (Phi) is 6.23. The first-order valence-electron chi connectivity index (χ1n) is 10.0. The lowest BCUT2D eigenvalue weighted by Crippen LogP contribution is -2.13. The molecule has 0 fully saturated rings. The van der Waals surface area contributed by atoms with Crippen LogP contribution in [0.1, 0.15) is 18.2 Å². The average Bonchev–Trinajstić information content (AvgIpc) is 3.49. The van der Waals surface area contributed by atoms with Crippen molar-refractivity contribution in [1.82, 2.24) is 14.9 Å². The van der Waals surface area contributed by atoms with Crippen LogP contribution in [0.4, 0.5) is 19.0 Å². The summed E-state index contributed by atoms with van der Waals surface area (Å²) in [6.45, 7) is 1.93. The molecule has 0 saturated carbocycles. The molecule has 1 N–H and O–H groups in total. The average molecular weight is 503 g/mol. The molecule has 9 nitrogen and oxygen atoms in total. The number of anilines is 1. The van der Waals surface area contributed by atoms with Gasteiger partial charge in [0.2, 0.25) is 0 Å². The quantitative estimate of drug-likeness (QED) is 0.375. The molecule has 0 atom stereocenters. The van der Waals surface area contributed by atoms with E-state index in [4.69, 9.17) is 4.74 Å². The van der Waals surface area contributed by atoms with Crippen LogP contribution in [0.3, 0.4) is 0 Å². The molecule has 2 heterocycles. The van der Waals surface area contributed by atoms with E-state index in [0.717, 1.165) is 12.1 Å². The molecule has 0 aliphatic rings. The Morgan fingerprint density at radius 1 is 1.14 bits per heavy atom. The number of rotatable bonds is 7. The third kappa shape index (κ3) is 5.12. The van der Waals surface area contributed by atoms with Gasteiger partial charge >= 0.3 is 6.18 Å². The van der Waals surface area contributed by atoms with Crippen molar-refractivity contribution in [3.05, 3.63) is 72.1 Å². The molecule has 0 saturated heterocycles. The normalized spacial score (nSPS) is 11.7. The van der Waals surface area contributed by atoms with E-state index < -0.39 is 21.9 Å². The van der Waals surface area contributed by atoms with Crippen molar-refractivity contribution >= 4 is 15.8 Å². The van der Waals surface area contributed by atoms with Crippen molar-refractivity contribution in [2.75, 3.05) is 4.72 Å². The number of benzene rings is 2. The summed E-state index contributed by atoms with van der Waals surface area (Å²) in [4.78, 5) is -0.187. The molecule has 0 aliphatic carbocycles. The molecule has 2 aromatic carbocycles. The summed E-state index contributed by atoms with van der Waals surface area (Å²) in [5.41, 5.74) is -0.251. The van der Waals surface area contributed by atoms with Gasteiger partial charge in [0.05, 0.1) is 16.2 Å². The van der Waals surface area contributed by atoms with Gasteiger partial charge in [0.15, 0.2) is 11.5 Å². The first-order valence-corrected chi connectivity index (χ1v) is 11.5. The summed E-state index contributed by atoms with van der Waals surface area (Å²) >= 11 is 0. The van der Waals surface area contributed by atoms with E-state index in [2.05, 4.69) is 19.5 Å². The SMILES string of the molecule is CCn1nc(C(F)(F)F)cc1-c1ccc(Oc2ccc(S(=O)(=O)Nc3ccon3)cc2C#N)cc1. The standard InChI is InChI=1S/C22H16F3N5O4S/c1-2-30-18(12-20(27-30)22(23,24)25)14-3-5-16(6-4-14)34-19-8-7-17(11-15(19)13-26)35(31,32)29-21-9-10-33-28-21/h3-12H,2H2,1H3,(H,28,29). The summed E-state index contributed by atoms with van der Waals surface area (Å²) < 4.78 is 77.9. The van der Waals surface area contributed by atoms with Crippen molar-refractivity contribution in [2.24, 2.45) is 0 Å².